The Labute approximate surface area is 103 Å². The lowest BCUT2D eigenvalue weighted by atomic mass is 10.0. The minimum absolute atomic E-state index is 0.813. The molecule has 0 aliphatic carbocycles. The van der Waals surface area contributed by atoms with Gasteiger partial charge in [0.15, 0.2) is 0 Å². The molecular formula is C15H18O2. The van der Waals surface area contributed by atoms with Gasteiger partial charge in [-0.2, -0.15) is 0 Å². The minimum atomic E-state index is 0.813. The monoisotopic (exact) mass is 230 g/mol. The van der Waals surface area contributed by atoms with Gasteiger partial charge >= 0.3 is 0 Å². The minimum Gasteiger partial charge on any atom is -0.497 e. The van der Waals surface area contributed by atoms with Gasteiger partial charge in [0, 0.05) is 0 Å². The van der Waals surface area contributed by atoms with Gasteiger partial charge in [-0.1, -0.05) is 25.1 Å². The molecule has 0 heterocycles. The summed E-state index contributed by atoms with van der Waals surface area (Å²) in [6, 6.07) is 7.94. The molecule has 0 aromatic heterocycles. The molecule has 1 rings (SSSR count). The van der Waals surface area contributed by atoms with Gasteiger partial charge in [-0.25, -0.2) is 0 Å². The highest BCUT2D eigenvalue weighted by Gasteiger charge is 2.00. The normalized spacial score (nSPS) is 12.4. The summed E-state index contributed by atoms with van der Waals surface area (Å²) in [7, 11) is 1.66. The number of allylic oxidation sites excluding steroid dienone is 4. The van der Waals surface area contributed by atoms with Crippen LogP contribution in [0.4, 0.5) is 0 Å². The number of hydrogen-bond donors (Lipinski definition) is 0. The van der Waals surface area contributed by atoms with Gasteiger partial charge in [0.1, 0.15) is 12.0 Å². The highest BCUT2D eigenvalue weighted by molar-refractivity contribution is 5.72. The van der Waals surface area contributed by atoms with Crippen molar-refractivity contribution in [2.45, 2.75) is 20.3 Å². The molecule has 2 heteroatoms. The van der Waals surface area contributed by atoms with E-state index in [1.165, 1.54) is 5.57 Å². The summed E-state index contributed by atoms with van der Waals surface area (Å²) in [5, 5.41) is 0. The third kappa shape index (κ3) is 3.91. The van der Waals surface area contributed by atoms with Crippen LogP contribution in [-0.2, 0) is 4.79 Å². The summed E-state index contributed by atoms with van der Waals surface area (Å²) < 4.78 is 5.13. The predicted octanol–water partition coefficient (Wildman–Crippen LogP) is 3.63. The van der Waals surface area contributed by atoms with Crippen LogP contribution in [0.2, 0.25) is 0 Å². The molecule has 0 unspecified atom stereocenters. The number of carbonyl (C=O) groups is 1. The second-order valence-electron chi connectivity index (χ2n) is 3.80. The fraction of sp³-hybridized carbons (Fsp3) is 0.267. The van der Waals surface area contributed by atoms with Crippen molar-refractivity contribution in [3.63, 3.8) is 0 Å². The molecule has 0 amide bonds. The second kappa shape index (κ2) is 6.69. The SMILES string of the molecule is CC/C(=C\C(C)=C/C=O)c1ccc(OC)cc1. The molecular weight excluding hydrogens is 212 g/mol. The number of methoxy groups -OCH3 is 1. The molecule has 0 aliphatic rings. The number of hydrogen-bond acceptors (Lipinski definition) is 2. The molecule has 90 valence electrons. The van der Waals surface area contributed by atoms with Crippen molar-refractivity contribution in [3.05, 3.63) is 47.6 Å². The average molecular weight is 230 g/mol. The van der Waals surface area contributed by atoms with Gasteiger partial charge in [-0.3, -0.25) is 4.79 Å². The van der Waals surface area contributed by atoms with E-state index in [-0.39, 0.29) is 0 Å². The smallest absolute Gasteiger partial charge is 0.143 e. The zero-order valence-electron chi connectivity index (χ0n) is 10.6. The predicted molar refractivity (Wildman–Crippen MR) is 71.1 cm³/mol. The van der Waals surface area contributed by atoms with Crippen LogP contribution in [0.1, 0.15) is 25.8 Å². The van der Waals surface area contributed by atoms with E-state index in [0.29, 0.717) is 0 Å². The Morgan fingerprint density at radius 1 is 1.29 bits per heavy atom. The first kappa shape index (κ1) is 13.2. The number of benzene rings is 1. The van der Waals surface area contributed by atoms with Gasteiger partial charge in [0.25, 0.3) is 0 Å². The van der Waals surface area contributed by atoms with E-state index < -0.39 is 0 Å². The van der Waals surface area contributed by atoms with E-state index in [1.54, 1.807) is 13.2 Å². The fourth-order valence-electron chi connectivity index (χ4n) is 1.62. The van der Waals surface area contributed by atoms with Gasteiger partial charge in [-0.05, 0) is 48.3 Å². The molecule has 0 aliphatic heterocycles. The van der Waals surface area contributed by atoms with E-state index in [9.17, 15) is 4.79 Å². The molecule has 0 atom stereocenters. The summed E-state index contributed by atoms with van der Waals surface area (Å²) in [4.78, 5) is 10.4. The average Bonchev–Trinajstić information content (AvgIpc) is 2.36. The fourth-order valence-corrected chi connectivity index (χ4v) is 1.62. The first-order chi connectivity index (χ1) is 8.21. The summed E-state index contributed by atoms with van der Waals surface area (Å²) in [6.45, 7) is 4.03. The molecule has 0 saturated heterocycles. The molecule has 0 fully saturated rings. The first-order valence-electron chi connectivity index (χ1n) is 5.68. The molecule has 0 bridgehead atoms. The lowest BCUT2D eigenvalue weighted by molar-refractivity contribution is -0.104. The highest BCUT2D eigenvalue weighted by Crippen LogP contribution is 2.22. The number of carbonyl (C=O) groups excluding carboxylic acids is 1. The van der Waals surface area contributed by atoms with Crippen LogP contribution in [0.25, 0.3) is 5.57 Å². The van der Waals surface area contributed by atoms with Crippen LogP contribution in [0, 0.1) is 0 Å². The third-order valence-corrected chi connectivity index (χ3v) is 2.57. The van der Waals surface area contributed by atoms with Crippen molar-refractivity contribution in [3.8, 4) is 5.75 Å². The van der Waals surface area contributed by atoms with Gasteiger partial charge in [-0.15, -0.1) is 0 Å². The summed E-state index contributed by atoms with van der Waals surface area (Å²) >= 11 is 0. The second-order valence-corrected chi connectivity index (χ2v) is 3.80. The van der Waals surface area contributed by atoms with Crippen molar-refractivity contribution in [1.29, 1.82) is 0 Å². The molecule has 1 aromatic carbocycles. The van der Waals surface area contributed by atoms with Crippen LogP contribution in [-0.4, -0.2) is 13.4 Å². The van der Waals surface area contributed by atoms with Crippen molar-refractivity contribution >= 4 is 11.9 Å². The van der Waals surface area contributed by atoms with Gasteiger partial charge < -0.3 is 4.74 Å². The third-order valence-electron chi connectivity index (χ3n) is 2.57. The Bertz CT molecular complexity index is 425. The van der Waals surface area contributed by atoms with Crippen LogP contribution in [0.15, 0.2) is 42.0 Å². The molecule has 0 spiro atoms. The Balaban J connectivity index is 3.00. The van der Waals surface area contributed by atoms with E-state index in [1.807, 2.05) is 37.3 Å². The van der Waals surface area contributed by atoms with Crippen molar-refractivity contribution in [2.75, 3.05) is 7.11 Å². The van der Waals surface area contributed by atoms with Crippen LogP contribution < -0.4 is 4.74 Å². The highest BCUT2D eigenvalue weighted by atomic mass is 16.5. The Kier molecular flexibility index (Phi) is 5.21. The molecule has 0 N–H and O–H groups in total. The van der Waals surface area contributed by atoms with E-state index >= 15 is 0 Å². The summed E-state index contributed by atoms with van der Waals surface area (Å²) in [5.41, 5.74) is 3.34. The lowest BCUT2D eigenvalue weighted by Crippen LogP contribution is -1.86. The van der Waals surface area contributed by atoms with E-state index in [0.717, 1.165) is 29.6 Å². The first-order valence-corrected chi connectivity index (χ1v) is 5.68. The maximum atomic E-state index is 10.4. The van der Waals surface area contributed by atoms with Crippen LogP contribution in [0.5, 0.6) is 5.75 Å². The molecule has 0 radical (unpaired) electrons. The lowest BCUT2D eigenvalue weighted by Gasteiger charge is -2.06. The van der Waals surface area contributed by atoms with Gasteiger partial charge in [0.05, 0.1) is 7.11 Å². The zero-order chi connectivity index (χ0) is 12.7. The van der Waals surface area contributed by atoms with Crippen molar-refractivity contribution < 1.29 is 9.53 Å². The standard InChI is InChI=1S/C15H18O2/c1-4-13(11-12(2)9-10-16)14-5-7-15(17-3)8-6-14/h5-11H,4H2,1-3H3/b12-9-,13-11+. The van der Waals surface area contributed by atoms with Crippen LogP contribution in [0.3, 0.4) is 0 Å². The molecule has 0 saturated carbocycles. The van der Waals surface area contributed by atoms with Gasteiger partial charge in [0.2, 0.25) is 0 Å². The Morgan fingerprint density at radius 2 is 1.94 bits per heavy atom. The Hall–Kier alpha value is -1.83. The number of aldehydes is 1. The summed E-state index contributed by atoms with van der Waals surface area (Å²) in [6.07, 6.45) is 5.35. The quantitative estimate of drug-likeness (QED) is 0.438. The number of ether oxygens (including phenoxy) is 1. The van der Waals surface area contributed by atoms with Crippen molar-refractivity contribution in [1.82, 2.24) is 0 Å². The maximum absolute atomic E-state index is 10.4. The molecule has 17 heavy (non-hydrogen) atoms. The molecule has 1 aromatic rings. The Morgan fingerprint density at radius 3 is 2.41 bits per heavy atom. The summed E-state index contributed by atoms with van der Waals surface area (Å²) in [5.74, 6) is 0.851. The van der Waals surface area contributed by atoms with Crippen LogP contribution >= 0.6 is 0 Å². The zero-order valence-corrected chi connectivity index (χ0v) is 10.6. The maximum Gasteiger partial charge on any atom is 0.143 e. The van der Waals surface area contributed by atoms with E-state index in [4.69, 9.17) is 4.74 Å². The topological polar surface area (TPSA) is 26.3 Å². The largest absolute Gasteiger partial charge is 0.497 e. The number of rotatable bonds is 5. The van der Waals surface area contributed by atoms with Crippen molar-refractivity contribution in [2.24, 2.45) is 0 Å². The van der Waals surface area contributed by atoms with E-state index in [2.05, 4.69) is 6.92 Å². The molecule has 2 nitrogen and oxygen atoms in total.